The van der Waals surface area contributed by atoms with Crippen molar-refractivity contribution in [2.24, 2.45) is 0 Å². The average molecular weight is 537 g/mol. The quantitative estimate of drug-likeness (QED) is 0.188. The minimum atomic E-state index is -4.95. The Labute approximate surface area is 225 Å². The van der Waals surface area contributed by atoms with Gasteiger partial charge in [-0.1, -0.05) is 45.0 Å². The lowest BCUT2D eigenvalue weighted by Crippen LogP contribution is -2.50. The summed E-state index contributed by atoms with van der Waals surface area (Å²) in [6.07, 6.45) is -3.92. The maximum atomic E-state index is 14.5. The molecule has 2 aromatic carbocycles. The molecule has 2 heterocycles. The van der Waals surface area contributed by atoms with Crippen LogP contribution in [0.25, 0.3) is 22.0 Å². The standard InChI is InChI=1S/C30H31F3N4O2/c1-4-11-35-27-14-21-12-22(37-25(21)17-36-27)15-29(39,30(31,32)33)18-28(2,3)24-13-19(9-10-26(24)38)23-8-6-5-7-20(23)16-34/h5-10,12-14,17,37-39H,4,11,15,18H2,1-3H3,(H,35,36). The number of nitriles is 1. The van der Waals surface area contributed by atoms with E-state index in [0.29, 0.717) is 33.4 Å². The number of phenolic OH excluding ortho intramolecular Hbond substituents is 1. The molecule has 39 heavy (non-hydrogen) atoms. The zero-order chi connectivity index (χ0) is 28.4. The first-order valence-electron chi connectivity index (χ1n) is 12.7. The highest BCUT2D eigenvalue weighted by Crippen LogP contribution is 2.46. The Morgan fingerprint density at radius 2 is 1.82 bits per heavy atom. The molecule has 0 radical (unpaired) electrons. The number of rotatable bonds is 9. The van der Waals surface area contributed by atoms with E-state index in [1.165, 1.54) is 6.07 Å². The van der Waals surface area contributed by atoms with Gasteiger partial charge in [-0.2, -0.15) is 18.4 Å². The van der Waals surface area contributed by atoms with Gasteiger partial charge < -0.3 is 20.5 Å². The van der Waals surface area contributed by atoms with E-state index in [2.05, 4.69) is 21.4 Å². The predicted octanol–water partition coefficient (Wildman–Crippen LogP) is 6.83. The number of aromatic hydroxyl groups is 1. The van der Waals surface area contributed by atoms with Crippen LogP contribution < -0.4 is 5.32 Å². The molecular formula is C30H31F3N4O2. The number of fused-ring (bicyclic) bond motifs is 1. The molecule has 204 valence electrons. The highest BCUT2D eigenvalue weighted by molar-refractivity contribution is 5.82. The monoisotopic (exact) mass is 536 g/mol. The van der Waals surface area contributed by atoms with E-state index in [9.17, 15) is 28.6 Å². The van der Waals surface area contributed by atoms with Crippen LogP contribution in [0.5, 0.6) is 5.75 Å². The van der Waals surface area contributed by atoms with E-state index in [4.69, 9.17) is 0 Å². The van der Waals surface area contributed by atoms with Gasteiger partial charge in [0.05, 0.1) is 23.3 Å². The van der Waals surface area contributed by atoms with Crippen LogP contribution in [0.15, 0.2) is 60.8 Å². The Bertz CT molecular complexity index is 1520. The Balaban J connectivity index is 1.68. The van der Waals surface area contributed by atoms with Crippen molar-refractivity contribution < 1.29 is 23.4 Å². The summed E-state index contributed by atoms with van der Waals surface area (Å²) >= 11 is 0. The molecule has 9 heteroatoms. The second-order valence-corrected chi connectivity index (χ2v) is 10.5. The number of H-pyrrole nitrogens is 1. The number of aromatic nitrogens is 2. The van der Waals surface area contributed by atoms with Crippen LogP contribution >= 0.6 is 0 Å². The van der Waals surface area contributed by atoms with Gasteiger partial charge in [0.1, 0.15) is 11.6 Å². The van der Waals surface area contributed by atoms with Crippen LogP contribution in [0.3, 0.4) is 0 Å². The fourth-order valence-electron chi connectivity index (χ4n) is 5.02. The van der Waals surface area contributed by atoms with Crippen molar-refractivity contribution in [1.82, 2.24) is 9.97 Å². The first kappa shape index (κ1) is 28.0. The van der Waals surface area contributed by atoms with Crippen LogP contribution in [-0.4, -0.2) is 38.5 Å². The fourth-order valence-corrected chi connectivity index (χ4v) is 5.02. The number of nitrogens with zero attached hydrogens (tertiary/aromatic N) is 2. The molecule has 1 unspecified atom stereocenters. The van der Waals surface area contributed by atoms with Gasteiger partial charge in [0.25, 0.3) is 0 Å². The van der Waals surface area contributed by atoms with Gasteiger partial charge >= 0.3 is 6.18 Å². The largest absolute Gasteiger partial charge is 0.508 e. The van der Waals surface area contributed by atoms with Crippen LogP contribution in [0.2, 0.25) is 0 Å². The van der Waals surface area contributed by atoms with E-state index in [-0.39, 0.29) is 17.0 Å². The van der Waals surface area contributed by atoms with E-state index in [1.807, 2.05) is 6.92 Å². The third-order valence-electron chi connectivity index (χ3n) is 6.95. The highest BCUT2D eigenvalue weighted by Gasteiger charge is 2.56. The summed E-state index contributed by atoms with van der Waals surface area (Å²) in [6, 6.07) is 16.9. The molecule has 0 aliphatic heterocycles. The summed E-state index contributed by atoms with van der Waals surface area (Å²) < 4.78 is 43.4. The zero-order valence-corrected chi connectivity index (χ0v) is 22.0. The van der Waals surface area contributed by atoms with Crippen molar-refractivity contribution in [2.45, 2.75) is 57.2 Å². The van der Waals surface area contributed by atoms with Gasteiger partial charge in [-0.05, 0) is 59.7 Å². The molecule has 0 fully saturated rings. The maximum Gasteiger partial charge on any atom is 0.417 e. The molecule has 4 aromatic rings. The number of anilines is 1. The lowest BCUT2D eigenvalue weighted by Gasteiger charge is -2.38. The molecule has 0 amide bonds. The van der Waals surface area contributed by atoms with Gasteiger partial charge in [-0.25, -0.2) is 4.98 Å². The molecule has 0 saturated heterocycles. The zero-order valence-electron chi connectivity index (χ0n) is 22.0. The normalized spacial score (nSPS) is 13.7. The van der Waals surface area contributed by atoms with E-state index in [1.54, 1.807) is 68.6 Å². The average Bonchev–Trinajstić information content (AvgIpc) is 3.27. The molecular weight excluding hydrogens is 505 g/mol. The van der Waals surface area contributed by atoms with Crippen molar-refractivity contribution in [2.75, 3.05) is 11.9 Å². The fraction of sp³-hybridized carbons (Fsp3) is 0.333. The van der Waals surface area contributed by atoms with Crippen molar-refractivity contribution in [3.05, 3.63) is 77.6 Å². The second-order valence-electron chi connectivity index (χ2n) is 10.5. The van der Waals surface area contributed by atoms with Crippen molar-refractivity contribution in [3.63, 3.8) is 0 Å². The van der Waals surface area contributed by atoms with Gasteiger partial charge in [0, 0.05) is 29.6 Å². The highest BCUT2D eigenvalue weighted by atomic mass is 19.4. The van der Waals surface area contributed by atoms with E-state index in [0.717, 1.165) is 13.0 Å². The molecule has 0 aliphatic rings. The lowest BCUT2D eigenvalue weighted by molar-refractivity contribution is -0.266. The maximum absolute atomic E-state index is 14.5. The summed E-state index contributed by atoms with van der Waals surface area (Å²) in [5.74, 6) is 0.432. The number of hydrogen-bond acceptors (Lipinski definition) is 5. The van der Waals surface area contributed by atoms with Crippen LogP contribution in [0.1, 0.15) is 50.4 Å². The van der Waals surface area contributed by atoms with Crippen LogP contribution in [0, 0.1) is 11.3 Å². The summed E-state index contributed by atoms with van der Waals surface area (Å²) in [5, 5.41) is 35.1. The summed E-state index contributed by atoms with van der Waals surface area (Å²) in [4.78, 5) is 7.24. The molecule has 4 N–H and O–H groups in total. The Morgan fingerprint density at radius 3 is 2.51 bits per heavy atom. The molecule has 0 spiro atoms. The van der Waals surface area contributed by atoms with Crippen molar-refractivity contribution >= 4 is 16.7 Å². The van der Waals surface area contributed by atoms with Crippen LogP contribution in [0.4, 0.5) is 19.0 Å². The molecule has 4 rings (SSSR count). The number of aliphatic hydroxyl groups is 1. The third-order valence-corrected chi connectivity index (χ3v) is 6.95. The summed E-state index contributed by atoms with van der Waals surface area (Å²) in [7, 11) is 0. The number of nitrogens with one attached hydrogen (secondary N) is 2. The first-order chi connectivity index (χ1) is 18.4. The second kappa shape index (κ2) is 10.6. The number of alkyl halides is 3. The predicted molar refractivity (Wildman–Crippen MR) is 145 cm³/mol. The van der Waals surface area contributed by atoms with Crippen molar-refractivity contribution in [1.29, 1.82) is 5.26 Å². The minimum Gasteiger partial charge on any atom is -0.508 e. The van der Waals surface area contributed by atoms with E-state index < -0.39 is 30.0 Å². The third kappa shape index (κ3) is 5.86. The van der Waals surface area contributed by atoms with Gasteiger partial charge in [0.2, 0.25) is 0 Å². The summed E-state index contributed by atoms with van der Waals surface area (Å²) in [6.45, 7) is 5.84. The Morgan fingerprint density at radius 1 is 1.08 bits per heavy atom. The topological polar surface area (TPSA) is 105 Å². The number of phenols is 1. The van der Waals surface area contributed by atoms with E-state index >= 15 is 0 Å². The number of hydrogen-bond donors (Lipinski definition) is 4. The molecule has 6 nitrogen and oxygen atoms in total. The molecule has 1 atom stereocenters. The molecule has 0 bridgehead atoms. The van der Waals surface area contributed by atoms with Crippen molar-refractivity contribution in [3.8, 4) is 22.9 Å². The van der Waals surface area contributed by atoms with Gasteiger partial charge in [0.15, 0.2) is 5.60 Å². The van der Waals surface area contributed by atoms with Gasteiger partial charge in [-0.15, -0.1) is 0 Å². The SMILES string of the molecule is CCCNc1cc2cc(CC(O)(CC(C)(C)c3cc(-c4ccccc4C#N)ccc3O)C(F)(F)F)[nH]c2cn1. The molecule has 2 aromatic heterocycles. The smallest absolute Gasteiger partial charge is 0.417 e. The minimum absolute atomic E-state index is 0.188. The number of aromatic amines is 1. The summed E-state index contributed by atoms with van der Waals surface area (Å²) in [5.41, 5.74) is -1.78. The first-order valence-corrected chi connectivity index (χ1v) is 12.7. The number of pyridine rings is 1. The number of benzene rings is 2. The van der Waals surface area contributed by atoms with Gasteiger partial charge in [-0.3, -0.25) is 0 Å². The Kier molecular flexibility index (Phi) is 7.62. The number of halogens is 3. The van der Waals surface area contributed by atoms with Crippen LogP contribution in [-0.2, 0) is 11.8 Å². The Hall–Kier alpha value is -4.03. The lowest BCUT2D eigenvalue weighted by atomic mass is 9.72. The molecule has 0 aliphatic carbocycles. The molecule has 0 saturated carbocycles.